The molecule has 2 aromatic heterocycles. The lowest BCUT2D eigenvalue weighted by Gasteiger charge is -2.16. The summed E-state index contributed by atoms with van der Waals surface area (Å²) >= 11 is 0. The number of halogens is 1. The maximum atomic E-state index is 14.9. The average molecular weight is 489 g/mol. The summed E-state index contributed by atoms with van der Waals surface area (Å²) in [7, 11) is 4.14. The van der Waals surface area contributed by atoms with Crippen LogP contribution in [0.25, 0.3) is 28.0 Å². The van der Waals surface area contributed by atoms with Crippen LogP contribution < -0.4 is 21.5 Å². The number of aryl methyl sites for hydroxylation is 1. The fraction of sp³-hybridized carbons (Fsp3) is 0.231. The zero-order chi connectivity index (χ0) is 24.7. The molecule has 1 fully saturated rings. The summed E-state index contributed by atoms with van der Waals surface area (Å²) < 4.78 is 16.2. The molecule has 1 aliphatic rings. The van der Waals surface area contributed by atoms with Crippen molar-refractivity contribution in [2.45, 2.75) is 19.8 Å². The quantitative estimate of drug-likeness (QED) is 0.404. The molecule has 7 nitrogen and oxygen atoms in total. The Morgan fingerprint density at radius 2 is 1.97 bits per heavy atom. The van der Waals surface area contributed by atoms with Crippen molar-refractivity contribution in [2.24, 2.45) is 5.92 Å². The molecule has 0 aliphatic heterocycles. The molecule has 5 rings (SSSR count). The second-order valence-corrected chi connectivity index (χ2v) is 9.37. The van der Waals surface area contributed by atoms with Crippen LogP contribution in [0.5, 0.6) is 0 Å². The predicted octanol–water partition coefficient (Wildman–Crippen LogP) is 3.58. The number of hydrogen-bond donors (Lipinski definition) is 2. The van der Waals surface area contributed by atoms with Crippen molar-refractivity contribution in [3.8, 4) is 16.9 Å². The summed E-state index contributed by atoms with van der Waals surface area (Å²) in [5.41, 5.74) is 2.68. The number of hydrogen-bond acceptors (Lipinski definition) is 5. The van der Waals surface area contributed by atoms with Gasteiger partial charge in [0.15, 0.2) is 5.65 Å². The molecule has 178 valence electrons. The number of nitrogens with zero attached hydrogens (tertiary/aromatic N) is 3. The van der Waals surface area contributed by atoms with Gasteiger partial charge in [0.05, 0.1) is 11.4 Å². The van der Waals surface area contributed by atoms with Crippen molar-refractivity contribution in [1.82, 2.24) is 19.9 Å². The summed E-state index contributed by atoms with van der Waals surface area (Å²) in [5, 5.41) is 7.02. The highest BCUT2D eigenvalue weighted by Gasteiger charge is 2.23. The zero-order valence-electron chi connectivity index (χ0n) is 19.4. The van der Waals surface area contributed by atoms with Crippen LogP contribution in [-0.2, 0) is 0 Å². The number of fused-ring (bicyclic) bond motifs is 1. The second-order valence-electron chi connectivity index (χ2n) is 8.75. The molecule has 2 N–H and O–H groups in total. The Bertz CT molecular complexity index is 1510. The van der Waals surface area contributed by atoms with Gasteiger partial charge in [-0.25, -0.2) is 9.37 Å². The van der Waals surface area contributed by atoms with Gasteiger partial charge < -0.3 is 10.6 Å². The Morgan fingerprint density at radius 3 is 2.69 bits per heavy atom. The van der Waals surface area contributed by atoms with Crippen LogP contribution >= 0.6 is 9.24 Å². The van der Waals surface area contributed by atoms with Gasteiger partial charge in [-0.15, -0.1) is 9.24 Å². The third kappa shape index (κ3) is 4.42. The van der Waals surface area contributed by atoms with Crippen LogP contribution in [0.2, 0.25) is 0 Å². The molecule has 0 bridgehead atoms. The van der Waals surface area contributed by atoms with Crippen LogP contribution in [0, 0.1) is 18.7 Å². The van der Waals surface area contributed by atoms with E-state index in [-0.39, 0.29) is 23.2 Å². The lowest BCUT2D eigenvalue weighted by atomic mass is 9.99. The maximum Gasteiger partial charge on any atom is 0.256 e. The molecule has 1 atom stereocenters. The van der Waals surface area contributed by atoms with E-state index >= 15 is 0 Å². The number of aromatic nitrogens is 3. The first-order chi connectivity index (χ1) is 16.9. The molecule has 0 radical (unpaired) electrons. The lowest BCUT2D eigenvalue weighted by molar-refractivity contribution is 0.0952. The van der Waals surface area contributed by atoms with Gasteiger partial charge >= 0.3 is 0 Å². The van der Waals surface area contributed by atoms with E-state index in [4.69, 9.17) is 0 Å². The van der Waals surface area contributed by atoms with Gasteiger partial charge in [-0.05, 0) is 60.8 Å². The molecule has 0 saturated heterocycles. The number of anilines is 1. The molecule has 0 spiro atoms. The molecule has 1 unspecified atom stereocenters. The van der Waals surface area contributed by atoms with Gasteiger partial charge in [-0.1, -0.05) is 18.2 Å². The van der Waals surface area contributed by atoms with Crippen LogP contribution in [0.1, 0.15) is 28.8 Å². The molecule has 1 amide bonds. The molecule has 2 aromatic carbocycles. The molecular formula is C26H25FN5O2P. The first kappa shape index (κ1) is 23.1. The Morgan fingerprint density at radius 1 is 1.17 bits per heavy atom. The lowest BCUT2D eigenvalue weighted by Crippen LogP contribution is -2.25. The van der Waals surface area contributed by atoms with Gasteiger partial charge in [0, 0.05) is 36.2 Å². The van der Waals surface area contributed by atoms with E-state index in [2.05, 4.69) is 29.8 Å². The van der Waals surface area contributed by atoms with E-state index in [0.29, 0.717) is 34.4 Å². The third-order valence-corrected chi connectivity index (χ3v) is 6.68. The second kappa shape index (κ2) is 9.19. The van der Waals surface area contributed by atoms with Gasteiger partial charge in [0.1, 0.15) is 5.82 Å². The highest BCUT2D eigenvalue weighted by atomic mass is 31.0. The zero-order valence-corrected chi connectivity index (χ0v) is 20.6. The standard InChI is InChI=1S/C26H25FN5O2P/c1-14-6-9-16(25(34)29-13-15-7-8-15)12-18(14)22-17-10-11-21(33)32(24(17)31-26(28-2)30-22)23-19(27)4-3-5-20(23)35/h3-6,9-12,15H,7-8,13,35H2,1-2H3,(H,29,34)(H,28,30,31). The van der Waals surface area contributed by atoms with Crippen LogP contribution in [0.15, 0.2) is 53.3 Å². The minimum Gasteiger partial charge on any atom is -0.357 e. The van der Waals surface area contributed by atoms with Crippen LogP contribution in [0.3, 0.4) is 0 Å². The largest absolute Gasteiger partial charge is 0.357 e. The number of amides is 1. The van der Waals surface area contributed by atoms with E-state index in [0.717, 1.165) is 24.0 Å². The predicted molar refractivity (Wildman–Crippen MR) is 139 cm³/mol. The van der Waals surface area contributed by atoms with Crippen LogP contribution in [0.4, 0.5) is 10.3 Å². The SMILES string of the molecule is CNc1nc(-c2cc(C(=O)NCC3CC3)ccc2C)c2ccc(=O)n(-c3c(F)cccc3P)c2n1. The van der Waals surface area contributed by atoms with E-state index in [1.807, 2.05) is 13.0 Å². The normalized spacial score (nSPS) is 13.1. The van der Waals surface area contributed by atoms with Gasteiger partial charge in [-0.2, -0.15) is 4.98 Å². The molecule has 2 heterocycles. The van der Waals surface area contributed by atoms with Crippen molar-refractivity contribution in [2.75, 3.05) is 18.9 Å². The van der Waals surface area contributed by atoms with Crippen molar-refractivity contribution < 1.29 is 9.18 Å². The van der Waals surface area contributed by atoms with E-state index < -0.39 is 11.4 Å². The first-order valence-electron chi connectivity index (χ1n) is 11.4. The van der Waals surface area contributed by atoms with Crippen molar-refractivity contribution in [3.63, 3.8) is 0 Å². The Labute approximate surface area is 204 Å². The number of carbonyl (C=O) groups is 1. The van der Waals surface area contributed by atoms with Crippen molar-refractivity contribution in [3.05, 3.63) is 75.8 Å². The third-order valence-electron chi connectivity index (χ3n) is 6.22. The molecule has 35 heavy (non-hydrogen) atoms. The first-order valence-corrected chi connectivity index (χ1v) is 12.0. The minimum absolute atomic E-state index is 0.115. The molecule has 9 heteroatoms. The van der Waals surface area contributed by atoms with E-state index in [1.165, 1.54) is 16.7 Å². The molecular weight excluding hydrogens is 464 g/mol. The van der Waals surface area contributed by atoms with Crippen molar-refractivity contribution in [1.29, 1.82) is 0 Å². The van der Waals surface area contributed by atoms with Gasteiger partial charge in [0.2, 0.25) is 5.95 Å². The summed E-state index contributed by atoms with van der Waals surface area (Å²) in [6.45, 7) is 2.61. The van der Waals surface area contributed by atoms with Crippen molar-refractivity contribution >= 4 is 37.4 Å². The summed E-state index contributed by atoms with van der Waals surface area (Å²) in [6.07, 6.45) is 2.31. The monoisotopic (exact) mass is 489 g/mol. The Balaban J connectivity index is 1.73. The topological polar surface area (TPSA) is 88.9 Å². The summed E-state index contributed by atoms with van der Waals surface area (Å²) in [6, 6.07) is 13.1. The number of pyridine rings is 1. The maximum absolute atomic E-state index is 14.9. The summed E-state index contributed by atoms with van der Waals surface area (Å²) in [5.74, 6) is 0.172. The van der Waals surface area contributed by atoms with E-state index in [9.17, 15) is 14.0 Å². The number of para-hydroxylation sites is 1. The average Bonchev–Trinajstić information content (AvgIpc) is 3.68. The smallest absolute Gasteiger partial charge is 0.256 e. The summed E-state index contributed by atoms with van der Waals surface area (Å²) in [4.78, 5) is 35.0. The number of nitrogens with one attached hydrogen (secondary N) is 2. The highest BCUT2D eigenvalue weighted by Crippen LogP contribution is 2.31. The highest BCUT2D eigenvalue weighted by molar-refractivity contribution is 7.27. The molecule has 4 aromatic rings. The Kier molecular flexibility index (Phi) is 6.07. The van der Waals surface area contributed by atoms with E-state index in [1.54, 1.807) is 37.4 Å². The fourth-order valence-electron chi connectivity index (χ4n) is 4.10. The van der Waals surface area contributed by atoms with Gasteiger partial charge in [0.25, 0.3) is 11.5 Å². The number of benzene rings is 2. The van der Waals surface area contributed by atoms with Gasteiger partial charge in [-0.3, -0.25) is 14.2 Å². The Hall–Kier alpha value is -3.64. The molecule has 1 saturated carbocycles. The number of carbonyl (C=O) groups excluding carboxylic acids is 1. The molecule has 1 aliphatic carbocycles. The number of rotatable bonds is 6. The fourth-order valence-corrected chi connectivity index (χ4v) is 4.47. The minimum atomic E-state index is -0.538. The van der Waals surface area contributed by atoms with Crippen LogP contribution in [-0.4, -0.2) is 34.0 Å².